The Morgan fingerprint density at radius 2 is 1.48 bits per heavy atom. The molecule has 0 unspecified atom stereocenters. The number of anilines is 1. The Kier molecular flexibility index (Phi) is 8.35. The standard InChI is InChI=1S/C17H21I2N3O3/c1-5-7-21(3)16(24)11-10(9-23)15(20)14(19)12(13(11)18)17(25)22(4)8-6-2/h5-6,23H,1-2,7-9,20H2,3-4H3. The number of hydrogen-bond acceptors (Lipinski definition) is 4. The number of carbonyl (C=O) groups is 2. The van der Waals surface area contributed by atoms with Crippen LogP contribution in [0.2, 0.25) is 0 Å². The lowest BCUT2D eigenvalue weighted by molar-refractivity contribution is 0.0803. The maximum Gasteiger partial charge on any atom is 0.256 e. The van der Waals surface area contributed by atoms with Gasteiger partial charge in [-0.1, -0.05) is 12.2 Å². The molecular formula is C17H21I2N3O3. The molecule has 0 radical (unpaired) electrons. The van der Waals surface area contributed by atoms with Crippen LogP contribution in [-0.4, -0.2) is 53.9 Å². The van der Waals surface area contributed by atoms with Crippen LogP contribution in [0, 0.1) is 7.14 Å². The zero-order valence-corrected chi connectivity index (χ0v) is 18.5. The molecule has 0 saturated heterocycles. The molecule has 1 aromatic carbocycles. The molecule has 0 atom stereocenters. The first-order valence-electron chi connectivity index (χ1n) is 7.35. The number of halogens is 2. The second-order valence-corrected chi connectivity index (χ2v) is 7.53. The molecule has 0 heterocycles. The highest BCUT2D eigenvalue weighted by Crippen LogP contribution is 2.34. The van der Waals surface area contributed by atoms with E-state index < -0.39 is 6.61 Å². The van der Waals surface area contributed by atoms with Crippen LogP contribution < -0.4 is 5.73 Å². The Balaban J connectivity index is 3.67. The zero-order valence-electron chi connectivity index (χ0n) is 14.2. The lowest BCUT2D eigenvalue weighted by atomic mass is 10.00. The number of hydrogen-bond donors (Lipinski definition) is 2. The summed E-state index contributed by atoms with van der Waals surface area (Å²) in [5.41, 5.74) is 7.32. The summed E-state index contributed by atoms with van der Waals surface area (Å²) in [5, 5.41) is 9.75. The minimum Gasteiger partial charge on any atom is -0.398 e. The van der Waals surface area contributed by atoms with Gasteiger partial charge in [-0.15, -0.1) is 13.2 Å². The summed E-state index contributed by atoms with van der Waals surface area (Å²) < 4.78 is 0.997. The van der Waals surface area contributed by atoms with Crippen molar-refractivity contribution >= 4 is 62.7 Å². The van der Waals surface area contributed by atoms with Crippen LogP contribution in [0.1, 0.15) is 26.3 Å². The van der Waals surface area contributed by atoms with E-state index in [2.05, 4.69) is 13.2 Å². The first-order valence-corrected chi connectivity index (χ1v) is 9.51. The van der Waals surface area contributed by atoms with E-state index in [1.54, 1.807) is 26.2 Å². The average Bonchev–Trinajstić information content (AvgIpc) is 2.57. The molecule has 1 aromatic rings. The van der Waals surface area contributed by atoms with Crippen LogP contribution in [0.5, 0.6) is 0 Å². The predicted molar refractivity (Wildman–Crippen MR) is 117 cm³/mol. The molecule has 0 saturated carbocycles. The van der Waals surface area contributed by atoms with E-state index in [-0.39, 0.29) is 23.1 Å². The molecule has 0 bridgehead atoms. The quantitative estimate of drug-likeness (QED) is 0.301. The number of aliphatic hydroxyl groups excluding tert-OH is 1. The van der Waals surface area contributed by atoms with Gasteiger partial charge in [0.15, 0.2) is 0 Å². The van der Waals surface area contributed by atoms with E-state index in [0.717, 1.165) is 0 Å². The fourth-order valence-corrected chi connectivity index (χ4v) is 4.66. The van der Waals surface area contributed by atoms with Gasteiger partial charge >= 0.3 is 0 Å². The maximum absolute atomic E-state index is 12.8. The first kappa shape index (κ1) is 21.9. The van der Waals surface area contributed by atoms with Crippen molar-refractivity contribution in [3.8, 4) is 0 Å². The van der Waals surface area contributed by atoms with Gasteiger partial charge in [0.25, 0.3) is 11.8 Å². The third-order valence-electron chi connectivity index (χ3n) is 3.61. The number of likely N-dealkylation sites (N-methyl/N-ethyl adjacent to an activating group) is 2. The Hall–Kier alpha value is -1.14. The normalized spacial score (nSPS) is 10.3. The molecule has 2 amide bonds. The average molecular weight is 569 g/mol. The number of rotatable bonds is 7. The fraction of sp³-hybridized carbons (Fsp3) is 0.294. The van der Waals surface area contributed by atoms with Gasteiger partial charge in [0, 0.05) is 36.3 Å². The second-order valence-electron chi connectivity index (χ2n) is 5.38. The van der Waals surface area contributed by atoms with Gasteiger partial charge in [0.2, 0.25) is 0 Å². The minimum absolute atomic E-state index is 0.245. The third kappa shape index (κ3) is 4.53. The Morgan fingerprint density at radius 3 is 1.88 bits per heavy atom. The molecule has 0 aliphatic rings. The molecule has 25 heavy (non-hydrogen) atoms. The van der Waals surface area contributed by atoms with Crippen LogP contribution in [-0.2, 0) is 6.61 Å². The van der Waals surface area contributed by atoms with Gasteiger partial charge in [-0.3, -0.25) is 9.59 Å². The van der Waals surface area contributed by atoms with Crippen molar-refractivity contribution in [2.45, 2.75) is 6.61 Å². The molecule has 6 nitrogen and oxygen atoms in total. The molecule has 0 fully saturated rings. The first-order chi connectivity index (χ1) is 11.7. The highest BCUT2D eigenvalue weighted by molar-refractivity contribution is 14.1. The van der Waals surface area contributed by atoms with Crippen molar-refractivity contribution in [1.29, 1.82) is 0 Å². The molecule has 0 aromatic heterocycles. The molecule has 8 heteroatoms. The summed E-state index contributed by atoms with van der Waals surface area (Å²) in [6.45, 7) is 7.57. The lowest BCUT2D eigenvalue weighted by Crippen LogP contribution is -2.32. The number of benzene rings is 1. The van der Waals surface area contributed by atoms with Crippen molar-refractivity contribution in [2.75, 3.05) is 32.9 Å². The second kappa shape index (κ2) is 9.53. The lowest BCUT2D eigenvalue weighted by Gasteiger charge is -2.24. The Morgan fingerprint density at radius 1 is 1.04 bits per heavy atom. The summed E-state index contributed by atoms with van der Waals surface area (Å²) >= 11 is 3.94. The summed E-state index contributed by atoms with van der Waals surface area (Å²) in [6, 6.07) is 0. The molecule has 0 aliphatic heterocycles. The van der Waals surface area contributed by atoms with Gasteiger partial charge in [0.05, 0.1) is 27.0 Å². The van der Waals surface area contributed by atoms with Gasteiger partial charge in [-0.2, -0.15) is 0 Å². The zero-order chi connectivity index (χ0) is 19.3. The third-order valence-corrected chi connectivity index (χ3v) is 5.81. The number of nitrogens with two attached hydrogens (primary N) is 1. The van der Waals surface area contributed by atoms with E-state index in [4.69, 9.17) is 5.73 Å². The topological polar surface area (TPSA) is 86.9 Å². The van der Waals surface area contributed by atoms with E-state index in [1.165, 1.54) is 9.80 Å². The number of aliphatic hydroxyl groups is 1. The van der Waals surface area contributed by atoms with Crippen LogP contribution in [0.25, 0.3) is 0 Å². The Bertz CT molecular complexity index is 720. The largest absolute Gasteiger partial charge is 0.398 e. The van der Waals surface area contributed by atoms with E-state index in [0.29, 0.717) is 31.4 Å². The predicted octanol–water partition coefficient (Wildman–Crippen LogP) is 2.49. The SMILES string of the molecule is C=CCN(C)C(=O)c1c(I)c(N)c(CO)c(C(=O)N(C)CC=C)c1I. The molecule has 0 spiro atoms. The molecule has 1 rings (SSSR count). The van der Waals surface area contributed by atoms with Crippen LogP contribution in [0.4, 0.5) is 5.69 Å². The van der Waals surface area contributed by atoms with Crippen molar-refractivity contribution in [2.24, 2.45) is 0 Å². The van der Waals surface area contributed by atoms with Crippen LogP contribution in [0.15, 0.2) is 25.3 Å². The number of nitrogens with zero attached hydrogens (tertiary/aromatic N) is 2. The van der Waals surface area contributed by atoms with Crippen molar-refractivity contribution in [3.63, 3.8) is 0 Å². The Labute approximate surface area is 175 Å². The van der Waals surface area contributed by atoms with Crippen molar-refractivity contribution in [3.05, 3.63) is 49.1 Å². The molecular weight excluding hydrogens is 548 g/mol. The van der Waals surface area contributed by atoms with Crippen molar-refractivity contribution < 1.29 is 14.7 Å². The monoisotopic (exact) mass is 569 g/mol. The van der Waals surface area contributed by atoms with Gasteiger partial charge in [-0.25, -0.2) is 0 Å². The van der Waals surface area contributed by atoms with Gasteiger partial charge in [0.1, 0.15) is 0 Å². The van der Waals surface area contributed by atoms with E-state index >= 15 is 0 Å². The van der Waals surface area contributed by atoms with Gasteiger partial charge in [-0.05, 0) is 45.2 Å². The van der Waals surface area contributed by atoms with Crippen LogP contribution in [0.3, 0.4) is 0 Å². The van der Waals surface area contributed by atoms with E-state index in [9.17, 15) is 14.7 Å². The summed E-state index contributed by atoms with van der Waals surface area (Å²) in [4.78, 5) is 28.6. The number of nitrogen functional groups attached to an aromatic ring is 1. The minimum atomic E-state index is -0.391. The highest BCUT2D eigenvalue weighted by Gasteiger charge is 2.29. The molecule has 0 aliphatic carbocycles. The smallest absolute Gasteiger partial charge is 0.256 e. The van der Waals surface area contributed by atoms with Gasteiger partial charge < -0.3 is 20.6 Å². The number of amides is 2. The van der Waals surface area contributed by atoms with E-state index in [1.807, 2.05) is 45.2 Å². The molecule has 3 N–H and O–H groups in total. The number of carbonyl (C=O) groups excluding carboxylic acids is 2. The highest BCUT2D eigenvalue weighted by atomic mass is 127. The van der Waals surface area contributed by atoms with Crippen molar-refractivity contribution in [1.82, 2.24) is 9.80 Å². The summed E-state index contributed by atoms with van der Waals surface area (Å²) in [7, 11) is 3.28. The fourth-order valence-electron chi connectivity index (χ4n) is 2.27. The van der Waals surface area contributed by atoms with Crippen LogP contribution >= 0.6 is 45.2 Å². The maximum atomic E-state index is 12.8. The summed E-state index contributed by atoms with van der Waals surface area (Å²) in [6.07, 6.45) is 3.22. The summed E-state index contributed by atoms with van der Waals surface area (Å²) in [5.74, 6) is -0.581. The molecule has 136 valence electrons.